The normalized spacial score (nSPS) is 20.5. The Morgan fingerprint density at radius 2 is 1.67 bits per heavy atom. The van der Waals surface area contributed by atoms with Crippen LogP contribution in [0.4, 0.5) is 0 Å². The largest absolute Gasteiger partial charge is 0.266 e. The average molecular weight is 384 g/mol. The molecule has 4 rings (SSSR count). The van der Waals surface area contributed by atoms with Gasteiger partial charge in [0.15, 0.2) is 15.1 Å². The molecule has 142 valence electrons. The Bertz CT molecular complexity index is 926. The zero-order valence-corrected chi connectivity index (χ0v) is 16.7. The van der Waals surface area contributed by atoms with Crippen molar-refractivity contribution in [2.75, 3.05) is 19.6 Å². The molecule has 2 aliphatic rings. The van der Waals surface area contributed by atoms with Crippen LogP contribution in [0.5, 0.6) is 0 Å². The average Bonchev–Trinajstić information content (AvgIpc) is 3.32. The van der Waals surface area contributed by atoms with Crippen LogP contribution in [-0.4, -0.2) is 48.6 Å². The molecule has 0 aliphatic carbocycles. The van der Waals surface area contributed by atoms with Crippen LogP contribution >= 0.6 is 0 Å². The van der Waals surface area contributed by atoms with Gasteiger partial charge in [0.25, 0.3) is 5.84 Å². The van der Waals surface area contributed by atoms with Crippen molar-refractivity contribution in [2.45, 2.75) is 42.9 Å². The van der Waals surface area contributed by atoms with Gasteiger partial charge < -0.3 is 0 Å². The molecule has 0 saturated carbocycles. The Balaban J connectivity index is 1.70. The van der Waals surface area contributed by atoms with Gasteiger partial charge in [0.1, 0.15) is 6.54 Å². The highest BCUT2D eigenvalue weighted by Crippen LogP contribution is 2.28. The van der Waals surface area contributed by atoms with Gasteiger partial charge in [-0.1, -0.05) is 48.0 Å². The molecule has 2 aromatic carbocycles. The number of rotatable bonds is 4. The summed E-state index contributed by atoms with van der Waals surface area (Å²) in [6.07, 6.45) is 2.94. The van der Waals surface area contributed by atoms with E-state index in [-0.39, 0.29) is 0 Å². The van der Waals surface area contributed by atoms with Crippen LogP contribution < -0.4 is 0 Å². The summed E-state index contributed by atoms with van der Waals surface area (Å²) >= 11 is 0. The SMILES string of the molecule is Cc1ccc(S(=O)(=O)C2CCN(Cc3ccccc3)C2=[N+]2CCCC2)cc1. The minimum Gasteiger partial charge on any atom is -0.265 e. The molecule has 2 heterocycles. The topological polar surface area (TPSA) is 40.4 Å². The lowest BCUT2D eigenvalue weighted by Crippen LogP contribution is -2.40. The van der Waals surface area contributed by atoms with E-state index >= 15 is 0 Å². The summed E-state index contributed by atoms with van der Waals surface area (Å²) in [5.41, 5.74) is 2.30. The highest BCUT2D eigenvalue weighted by atomic mass is 32.2. The quantitative estimate of drug-likeness (QED) is 0.761. The van der Waals surface area contributed by atoms with E-state index in [0.29, 0.717) is 11.3 Å². The molecule has 2 aromatic rings. The first-order chi connectivity index (χ1) is 13.1. The van der Waals surface area contributed by atoms with Gasteiger partial charge in [0.05, 0.1) is 24.5 Å². The van der Waals surface area contributed by atoms with E-state index in [0.717, 1.165) is 50.4 Å². The van der Waals surface area contributed by atoms with Crippen LogP contribution in [0.25, 0.3) is 0 Å². The molecule has 2 saturated heterocycles. The molecule has 0 bridgehead atoms. The summed E-state index contributed by atoms with van der Waals surface area (Å²) in [5.74, 6) is 1.01. The maximum atomic E-state index is 13.4. The first-order valence-corrected chi connectivity index (χ1v) is 11.3. The third kappa shape index (κ3) is 3.65. The summed E-state index contributed by atoms with van der Waals surface area (Å²) < 4.78 is 29.2. The number of amidine groups is 1. The molecule has 2 aliphatic heterocycles. The van der Waals surface area contributed by atoms with Gasteiger partial charge in [0.2, 0.25) is 0 Å². The van der Waals surface area contributed by atoms with E-state index in [9.17, 15) is 8.42 Å². The van der Waals surface area contributed by atoms with Crippen LogP contribution in [0.15, 0.2) is 59.5 Å². The number of sulfone groups is 1. The summed E-state index contributed by atoms with van der Waals surface area (Å²) in [4.78, 5) is 2.73. The zero-order valence-electron chi connectivity index (χ0n) is 15.8. The van der Waals surface area contributed by atoms with Gasteiger partial charge in [0, 0.05) is 6.42 Å². The van der Waals surface area contributed by atoms with Crippen LogP contribution in [-0.2, 0) is 16.4 Å². The lowest BCUT2D eigenvalue weighted by molar-refractivity contribution is -0.511. The monoisotopic (exact) mass is 383 g/mol. The van der Waals surface area contributed by atoms with Crippen molar-refractivity contribution < 1.29 is 13.0 Å². The molecule has 0 spiro atoms. The van der Waals surface area contributed by atoms with Crippen molar-refractivity contribution in [2.24, 2.45) is 0 Å². The van der Waals surface area contributed by atoms with Crippen LogP contribution in [0, 0.1) is 6.92 Å². The molecule has 0 aromatic heterocycles. The first-order valence-electron chi connectivity index (χ1n) is 9.77. The number of likely N-dealkylation sites (tertiary alicyclic amines) is 1. The Labute approximate surface area is 162 Å². The summed E-state index contributed by atoms with van der Waals surface area (Å²) in [5, 5.41) is -0.443. The van der Waals surface area contributed by atoms with Gasteiger partial charge in [-0.15, -0.1) is 0 Å². The van der Waals surface area contributed by atoms with E-state index in [1.807, 2.05) is 37.3 Å². The second-order valence-electron chi connectivity index (χ2n) is 7.59. The minimum atomic E-state index is -3.39. The van der Waals surface area contributed by atoms with Crippen molar-refractivity contribution >= 4 is 15.7 Å². The second-order valence-corrected chi connectivity index (χ2v) is 9.73. The fourth-order valence-electron chi connectivity index (χ4n) is 4.22. The maximum Gasteiger partial charge on any atom is 0.266 e. The number of hydrogen-bond donors (Lipinski definition) is 0. The number of nitrogens with zero attached hydrogens (tertiary/aromatic N) is 2. The maximum absolute atomic E-state index is 13.4. The highest BCUT2D eigenvalue weighted by Gasteiger charge is 2.47. The fourth-order valence-corrected chi connectivity index (χ4v) is 6.06. The van der Waals surface area contributed by atoms with Gasteiger partial charge >= 0.3 is 0 Å². The summed E-state index contributed by atoms with van der Waals surface area (Å²) in [6.45, 7) is 5.46. The predicted molar refractivity (Wildman–Crippen MR) is 108 cm³/mol. The van der Waals surface area contributed by atoms with Crippen molar-refractivity contribution in [1.29, 1.82) is 0 Å². The Morgan fingerprint density at radius 1 is 1.00 bits per heavy atom. The minimum absolute atomic E-state index is 0.441. The summed E-state index contributed by atoms with van der Waals surface area (Å²) in [7, 11) is -3.39. The molecular weight excluding hydrogens is 356 g/mol. The van der Waals surface area contributed by atoms with E-state index < -0.39 is 15.1 Å². The molecule has 4 nitrogen and oxygen atoms in total. The lowest BCUT2D eigenvalue weighted by atomic mass is 10.2. The third-order valence-electron chi connectivity index (χ3n) is 5.64. The highest BCUT2D eigenvalue weighted by molar-refractivity contribution is 7.92. The zero-order chi connectivity index (χ0) is 18.9. The van der Waals surface area contributed by atoms with Crippen molar-refractivity contribution in [3.05, 3.63) is 65.7 Å². The van der Waals surface area contributed by atoms with E-state index in [4.69, 9.17) is 0 Å². The number of aryl methyl sites for hydroxylation is 1. The van der Waals surface area contributed by atoms with E-state index in [2.05, 4.69) is 21.6 Å². The van der Waals surface area contributed by atoms with Gasteiger partial charge in [-0.25, -0.2) is 8.42 Å². The molecule has 0 amide bonds. The lowest BCUT2D eigenvalue weighted by Gasteiger charge is -2.18. The second kappa shape index (κ2) is 7.47. The molecule has 1 atom stereocenters. The standard InChI is InChI=1S/C22H27N2O2S/c1-18-9-11-20(12-10-18)27(25,26)21-13-16-24(17-19-7-3-2-4-8-19)22(21)23-14-5-6-15-23/h2-4,7-12,21H,5-6,13-17H2,1H3/q+1. The number of benzene rings is 2. The van der Waals surface area contributed by atoms with Crippen molar-refractivity contribution in [3.8, 4) is 0 Å². The molecule has 2 fully saturated rings. The van der Waals surface area contributed by atoms with Crippen molar-refractivity contribution in [3.63, 3.8) is 0 Å². The van der Waals surface area contributed by atoms with Crippen LogP contribution in [0.3, 0.4) is 0 Å². The van der Waals surface area contributed by atoms with E-state index in [1.54, 1.807) is 12.1 Å². The molecule has 0 N–H and O–H groups in total. The molecule has 0 radical (unpaired) electrons. The smallest absolute Gasteiger partial charge is 0.265 e. The summed E-state index contributed by atoms with van der Waals surface area (Å²) in [6, 6.07) is 17.6. The van der Waals surface area contributed by atoms with Crippen LogP contribution in [0.1, 0.15) is 30.4 Å². The van der Waals surface area contributed by atoms with Crippen molar-refractivity contribution in [1.82, 2.24) is 4.90 Å². The van der Waals surface area contributed by atoms with Gasteiger partial charge in [-0.2, -0.15) is 0 Å². The Kier molecular flexibility index (Phi) is 5.04. The van der Waals surface area contributed by atoms with Gasteiger partial charge in [-0.3, -0.25) is 9.48 Å². The predicted octanol–water partition coefficient (Wildman–Crippen LogP) is 3.25. The first kappa shape index (κ1) is 18.2. The van der Waals surface area contributed by atoms with Crippen LogP contribution in [0.2, 0.25) is 0 Å². The van der Waals surface area contributed by atoms with Gasteiger partial charge in [-0.05, 0) is 37.5 Å². The Hall–Kier alpha value is -2.14. The van der Waals surface area contributed by atoms with E-state index in [1.165, 1.54) is 5.56 Å². The third-order valence-corrected chi connectivity index (χ3v) is 7.77. The Morgan fingerprint density at radius 3 is 2.33 bits per heavy atom. The number of hydrogen-bond acceptors (Lipinski definition) is 2. The molecule has 5 heteroatoms. The fraction of sp³-hybridized carbons (Fsp3) is 0.409. The molecule has 1 unspecified atom stereocenters. The molecule has 27 heavy (non-hydrogen) atoms. The molecular formula is C22H27N2O2S+.